The average molecular weight is 243 g/mol. The normalized spacial score (nSPS) is 18.4. The minimum atomic E-state index is -0.202. The van der Waals surface area contributed by atoms with Crippen LogP contribution in [0.3, 0.4) is 0 Å². The summed E-state index contributed by atoms with van der Waals surface area (Å²) in [6, 6.07) is 0.296. The van der Waals surface area contributed by atoms with Crippen molar-refractivity contribution in [2.45, 2.75) is 44.7 Å². The molecular formula is C12H25N3O2. The predicted molar refractivity (Wildman–Crippen MR) is 68.0 cm³/mol. The van der Waals surface area contributed by atoms with Crippen LogP contribution in [0.5, 0.6) is 0 Å². The standard InChI is InChI=1S/C12H25N3O2/c1-10(9-16)14-12(17)13-7-8-15(2)11-5-3-4-6-11/h10-11,16H,3-9H2,1-2H3,(H2,13,14,17). The highest BCUT2D eigenvalue weighted by Gasteiger charge is 2.18. The van der Waals surface area contributed by atoms with Crippen LogP contribution in [0.1, 0.15) is 32.6 Å². The molecule has 0 saturated heterocycles. The Kier molecular flexibility index (Phi) is 6.29. The Balaban J connectivity index is 2.08. The monoisotopic (exact) mass is 243 g/mol. The molecule has 1 aliphatic rings. The molecule has 2 amide bonds. The van der Waals surface area contributed by atoms with Gasteiger partial charge in [0, 0.05) is 19.1 Å². The minimum absolute atomic E-state index is 0.0323. The van der Waals surface area contributed by atoms with Crippen molar-refractivity contribution in [3.05, 3.63) is 0 Å². The summed E-state index contributed by atoms with van der Waals surface area (Å²) in [6.07, 6.45) is 5.22. The van der Waals surface area contributed by atoms with Crippen molar-refractivity contribution in [3.63, 3.8) is 0 Å². The first-order valence-electron chi connectivity index (χ1n) is 6.49. The van der Waals surface area contributed by atoms with Gasteiger partial charge in [-0.25, -0.2) is 4.79 Å². The second kappa shape index (κ2) is 7.50. The molecule has 0 spiro atoms. The van der Waals surface area contributed by atoms with E-state index < -0.39 is 0 Å². The molecule has 0 aromatic heterocycles. The molecule has 17 heavy (non-hydrogen) atoms. The topological polar surface area (TPSA) is 64.6 Å². The Morgan fingerprint density at radius 2 is 2.12 bits per heavy atom. The van der Waals surface area contributed by atoms with Gasteiger partial charge in [0.05, 0.1) is 12.6 Å². The number of rotatable bonds is 6. The molecule has 3 N–H and O–H groups in total. The summed E-state index contributed by atoms with van der Waals surface area (Å²) < 4.78 is 0. The van der Waals surface area contributed by atoms with Crippen LogP contribution < -0.4 is 10.6 Å². The number of amides is 2. The second-order valence-electron chi connectivity index (χ2n) is 4.90. The molecule has 1 unspecified atom stereocenters. The largest absolute Gasteiger partial charge is 0.394 e. The van der Waals surface area contributed by atoms with Gasteiger partial charge in [-0.3, -0.25) is 0 Å². The van der Waals surface area contributed by atoms with Crippen molar-refractivity contribution in [3.8, 4) is 0 Å². The fourth-order valence-corrected chi connectivity index (χ4v) is 2.19. The fraction of sp³-hybridized carbons (Fsp3) is 0.917. The molecule has 5 heteroatoms. The lowest BCUT2D eigenvalue weighted by atomic mass is 10.2. The van der Waals surface area contributed by atoms with Crippen molar-refractivity contribution >= 4 is 6.03 Å². The zero-order valence-corrected chi connectivity index (χ0v) is 10.9. The van der Waals surface area contributed by atoms with Crippen molar-refractivity contribution in [1.29, 1.82) is 0 Å². The zero-order chi connectivity index (χ0) is 12.7. The van der Waals surface area contributed by atoms with E-state index in [1.807, 2.05) is 0 Å². The van der Waals surface area contributed by atoms with E-state index >= 15 is 0 Å². The number of likely N-dealkylation sites (N-methyl/N-ethyl adjacent to an activating group) is 1. The van der Waals surface area contributed by atoms with E-state index in [2.05, 4.69) is 22.6 Å². The summed E-state index contributed by atoms with van der Waals surface area (Å²) in [5, 5.41) is 14.2. The third-order valence-corrected chi connectivity index (χ3v) is 3.35. The van der Waals surface area contributed by atoms with E-state index in [1.165, 1.54) is 25.7 Å². The van der Waals surface area contributed by atoms with Crippen LogP contribution in [-0.2, 0) is 0 Å². The molecule has 1 saturated carbocycles. The van der Waals surface area contributed by atoms with Gasteiger partial charge in [-0.05, 0) is 26.8 Å². The van der Waals surface area contributed by atoms with Crippen molar-refractivity contribution < 1.29 is 9.90 Å². The number of hydrogen-bond donors (Lipinski definition) is 3. The lowest BCUT2D eigenvalue weighted by Crippen LogP contribution is -2.45. The number of urea groups is 1. The summed E-state index contributed by atoms with van der Waals surface area (Å²) in [6.45, 7) is 3.27. The summed E-state index contributed by atoms with van der Waals surface area (Å²) in [5.41, 5.74) is 0. The van der Waals surface area contributed by atoms with Crippen LogP contribution in [-0.4, -0.2) is 54.9 Å². The molecule has 0 radical (unpaired) electrons. The van der Waals surface area contributed by atoms with Gasteiger partial charge in [-0.15, -0.1) is 0 Å². The summed E-state index contributed by atoms with van der Waals surface area (Å²) in [4.78, 5) is 13.7. The van der Waals surface area contributed by atoms with Gasteiger partial charge in [0.25, 0.3) is 0 Å². The first-order valence-corrected chi connectivity index (χ1v) is 6.49. The van der Waals surface area contributed by atoms with Crippen molar-refractivity contribution in [1.82, 2.24) is 15.5 Å². The maximum atomic E-state index is 11.4. The molecule has 1 fully saturated rings. The van der Waals surface area contributed by atoms with Crippen LogP contribution in [0.4, 0.5) is 4.79 Å². The molecule has 0 heterocycles. The molecule has 0 bridgehead atoms. The number of carbonyl (C=O) groups is 1. The van der Waals surface area contributed by atoms with Gasteiger partial charge in [-0.1, -0.05) is 12.8 Å². The van der Waals surface area contributed by atoms with E-state index in [0.717, 1.165) is 6.54 Å². The predicted octanol–water partition coefficient (Wildman–Crippen LogP) is 0.541. The van der Waals surface area contributed by atoms with Crippen LogP contribution in [0.15, 0.2) is 0 Å². The van der Waals surface area contributed by atoms with E-state index in [-0.39, 0.29) is 18.7 Å². The van der Waals surface area contributed by atoms with Gasteiger partial charge in [0.2, 0.25) is 0 Å². The van der Waals surface area contributed by atoms with E-state index in [4.69, 9.17) is 5.11 Å². The number of aliphatic hydroxyl groups is 1. The molecule has 0 aromatic rings. The van der Waals surface area contributed by atoms with Gasteiger partial charge in [0.1, 0.15) is 0 Å². The lowest BCUT2D eigenvalue weighted by molar-refractivity contribution is 0.214. The van der Waals surface area contributed by atoms with Crippen LogP contribution in [0.2, 0.25) is 0 Å². The van der Waals surface area contributed by atoms with E-state index in [0.29, 0.717) is 12.6 Å². The first-order chi connectivity index (χ1) is 8.13. The van der Waals surface area contributed by atoms with Crippen molar-refractivity contribution in [2.75, 3.05) is 26.7 Å². The Hall–Kier alpha value is -0.810. The Morgan fingerprint density at radius 1 is 1.47 bits per heavy atom. The molecule has 5 nitrogen and oxygen atoms in total. The average Bonchev–Trinajstić information content (AvgIpc) is 2.82. The molecule has 1 atom stereocenters. The lowest BCUT2D eigenvalue weighted by Gasteiger charge is -2.24. The summed E-state index contributed by atoms with van der Waals surface area (Å²) in [5.74, 6) is 0. The number of carbonyl (C=O) groups excluding carboxylic acids is 1. The number of nitrogens with one attached hydrogen (secondary N) is 2. The zero-order valence-electron chi connectivity index (χ0n) is 10.9. The van der Waals surface area contributed by atoms with Gasteiger partial charge < -0.3 is 20.6 Å². The van der Waals surface area contributed by atoms with Crippen LogP contribution in [0, 0.1) is 0 Å². The highest BCUT2D eigenvalue weighted by molar-refractivity contribution is 5.74. The number of aliphatic hydroxyl groups excluding tert-OH is 1. The maximum absolute atomic E-state index is 11.4. The van der Waals surface area contributed by atoms with Crippen LogP contribution >= 0.6 is 0 Å². The molecule has 1 aliphatic carbocycles. The van der Waals surface area contributed by atoms with Gasteiger partial charge >= 0.3 is 6.03 Å². The molecule has 0 aliphatic heterocycles. The maximum Gasteiger partial charge on any atom is 0.315 e. The number of hydrogen-bond acceptors (Lipinski definition) is 3. The summed E-state index contributed by atoms with van der Waals surface area (Å²) in [7, 11) is 2.12. The Morgan fingerprint density at radius 3 is 2.71 bits per heavy atom. The minimum Gasteiger partial charge on any atom is -0.394 e. The van der Waals surface area contributed by atoms with Crippen LogP contribution in [0.25, 0.3) is 0 Å². The quantitative estimate of drug-likeness (QED) is 0.638. The highest BCUT2D eigenvalue weighted by atomic mass is 16.3. The molecule has 100 valence electrons. The third-order valence-electron chi connectivity index (χ3n) is 3.35. The highest BCUT2D eigenvalue weighted by Crippen LogP contribution is 2.21. The Labute approximate surface area is 104 Å². The second-order valence-corrected chi connectivity index (χ2v) is 4.90. The third kappa shape index (κ3) is 5.37. The van der Waals surface area contributed by atoms with Gasteiger partial charge in [0.15, 0.2) is 0 Å². The fourth-order valence-electron chi connectivity index (χ4n) is 2.19. The van der Waals surface area contributed by atoms with Gasteiger partial charge in [-0.2, -0.15) is 0 Å². The van der Waals surface area contributed by atoms with E-state index in [9.17, 15) is 4.79 Å². The van der Waals surface area contributed by atoms with E-state index in [1.54, 1.807) is 6.92 Å². The summed E-state index contributed by atoms with van der Waals surface area (Å²) >= 11 is 0. The molecule has 0 aromatic carbocycles. The Bertz CT molecular complexity index is 230. The first kappa shape index (κ1) is 14.3. The number of nitrogens with zero attached hydrogens (tertiary/aromatic N) is 1. The molecule has 1 rings (SSSR count). The smallest absolute Gasteiger partial charge is 0.315 e. The van der Waals surface area contributed by atoms with Crippen molar-refractivity contribution in [2.24, 2.45) is 0 Å². The molecular weight excluding hydrogens is 218 g/mol. The SMILES string of the molecule is CC(CO)NC(=O)NCCN(C)C1CCCC1.